The van der Waals surface area contributed by atoms with Crippen molar-refractivity contribution in [2.24, 2.45) is 0 Å². The Labute approximate surface area is 166 Å². The zero-order valence-corrected chi connectivity index (χ0v) is 17.3. The molecule has 6 heteroatoms. The van der Waals surface area contributed by atoms with Crippen LogP contribution in [-0.2, 0) is 13.0 Å². The molecule has 1 aromatic carbocycles. The molecule has 0 saturated carbocycles. The third kappa shape index (κ3) is 3.96. The molecule has 2 aromatic rings. The highest BCUT2D eigenvalue weighted by Gasteiger charge is 2.29. The van der Waals surface area contributed by atoms with E-state index in [9.17, 15) is 9.59 Å². The predicted octanol–water partition coefficient (Wildman–Crippen LogP) is 3.96. The number of unbranched alkanes of at least 4 members (excludes halogenated alkanes) is 1. The minimum atomic E-state index is -0.257. The van der Waals surface area contributed by atoms with Crippen LogP contribution in [0.2, 0.25) is 0 Å². The van der Waals surface area contributed by atoms with Crippen LogP contribution >= 0.6 is 0 Å². The number of hydrogen-bond acceptors (Lipinski definition) is 3. The van der Waals surface area contributed by atoms with E-state index in [0.29, 0.717) is 18.1 Å². The highest BCUT2D eigenvalue weighted by atomic mass is 16.2. The first kappa shape index (κ1) is 20.1. The summed E-state index contributed by atoms with van der Waals surface area (Å²) in [5, 5.41) is 2.99. The van der Waals surface area contributed by atoms with Crippen molar-refractivity contribution in [3.8, 4) is 0 Å². The number of aromatic nitrogens is 2. The molecule has 1 aromatic heterocycles. The molecule has 6 nitrogen and oxygen atoms in total. The van der Waals surface area contributed by atoms with E-state index in [1.165, 1.54) is 0 Å². The topological polar surface area (TPSA) is 67.2 Å². The molecule has 2 amide bonds. The van der Waals surface area contributed by atoms with Crippen molar-refractivity contribution in [2.45, 2.75) is 59.4 Å². The Kier molecular flexibility index (Phi) is 6.17. The van der Waals surface area contributed by atoms with Crippen LogP contribution in [0.4, 0.5) is 5.69 Å². The molecule has 0 spiro atoms. The second-order valence-electron chi connectivity index (χ2n) is 7.62. The highest BCUT2D eigenvalue weighted by molar-refractivity contribution is 6.04. The fraction of sp³-hybridized carbons (Fsp3) is 0.500. The number of aryl methyl sites for hydroxylation is 1. The second-order valence-corrected chi connectivity index (χ2v) is 7.62. The smallest absolute Gasteiger partial charge is 0.291 e. The van der Waals surface area contributed by atoms with Crippen molar-refractivity contribution in [1.29, 1.82) is 0 Å². The van der Waals surface area contributed by atoms with E-state index in [2.05, 4.69) is 17.2 Å². The van der Waals surface area contributed by atoms with Crippen LogP contribution in [0, 0.1) is 13.8 Å². The quantitative estimate of drug-likeness (QED) is 0.822. The van der Waals surface area contributed by atoms with Crippen molar-refractivity contribution in [1.82, 2.24) is 14.5 Å². The Morgan fingerprint density at radius 2 is 2.04 bits per heavy atom. The zero-order valence-electron chi connectivity index (χ0n) is 17.3. The van der Waals surface area contributed by atoms with E-state index < -0.39 is 0 Å². The minimum absolute atomic E-state index is 0.0927. The van der Waals surface area contributed by atoms with E-state index in [1.807, 2.05) is 43.7 Å². The molecule has 0 fully saturated rings. The molecule has 0 bridgehead atoms. The Morgan fingerprint density at radius 3 is 2.79 bits per heavy atom. The predicted molar refractivity (Wildman–Crippen MR) is 111 cm³/mol. The van der Waals surface area contributed by atoms with Gasteiger partial charge in [-0.25, -0.2) is 4.98 Å². The number of carbonyl (C=O) groups excluding carboxylic acids is 2. The lowest BCUT2D eigenvalue weighted by Crippen LogP contribution is -2.29. The lowest BCUT2D eigenvalue weighted by Gasteiger charge is -2.19. The van der Waals surface area contributed by atoms with Crippen molar-refractivity contribution in [3.63, 3.8) is 0 Å². The summed E-state index contributed by atoms with van der Waals surface area (Å²) in [6.07, 6.45) is 4.78. The second kappa shape index (κ2) is 8.59. The van der Waals surface area contributed by atoms with Gasteiger partial charge in [-0.05, 0) is 56.7 Å². The lowest BCUT2D eigenvalue weighted by atomic mass is 10.1. The Bertz CT molecular complexity index is 885. The number of carbonyl (C=O) groups is 2. The van der Waals surface area contributed by atoms with Gasteiger partial charge < -0.3 is 14.8 Å². The third-order valence-corrected chi connectivity index (χ3v) is 5.57. The molecule has 0 atom stereocenters. The van der Waals surface area contributed by atoms with Crippen LogP contribution in [0.3, 0.4) is 0 Å². The van der Waals surface area contributed by atoms with Gasteiger partial charge in [0.2, 0.25) is 0 Å². The molecule has 2 heterocycles. The molecule has 3 rings (SSSR count). The first-order valence-electron chi connectivity index (χ1n) is 10.2. The van der Waals surface area contributed by atoms with Crippen LogP contribution in [0.1, 0.15) is 70.5 Å². The summed E-state index contributed by atoms with van der Waals surface area (Å²) < 4.78 is 1.94. The van der Waals surface area contributed by atoms with Crippen LogP contribution in [0.25, 0.3) is 0 Å². The van der Waals surface area contributed by atoms with Gasteiger partial charge in [0.05, 0.1) is 5.69 Å². The standard InChI is InChI=1S/C22H30N4O2/c1-5-6-13-25(4)22(28)19-18-12-7-8-14-26(18)20(24-19)21(27)23-17-11-9-10-15(2)16(17)3/h9-11H,5-8,12-14H2,1-4H3,(H,23,27). The van der Waals surface area contributed by atoms with E-state index in [0.717, 1.165) is 61.2 Å². The van der Waals surface area contributed by atoms with Crippen LogP contribution in [0.15, 0.2) is 18.2 Å². The van der Waals surface area contributed by atoms with Gasteiger partial charge in [-0.15, -0.1) is 0 Å². The number of nitrogens with zero attached hydrogens (tertiary/aromatic N) is 3. The van der Waals surface area contributed by atoms with Crippen molar-refractivity contribution in [2.75, 3.05) is 18.9 Å². The maximum absolute atomic E-state index is 13.0. The van der Waals surface area contributed by atoms with Crippen molar-refractivity contribution >= 4 is 17.5 Å². The van der Waals surface area contributed by atoms with Gasteiger partial charge in [0.1, 0.15) is 5.69 Å². The highest BCUT2D eigenvalue weighted by Crippen LogP contribution is 2.24. The van der Waals surface area contributed by atoms with E-state index >= 15 is 0 Å². The van der Waals surface area contributed by atoms with Crippen LogP contribution in [-0.4, -0.2) is 39.9 Å². The molecular weight excluding hydrogens is 352 g/mol. The van der Waals surface area contributed by atoms with Crippen molar-refractivity contribution in [3.05, 3.63) is 46.5 Å². The monoisotopic (exact) mass is 382 g/mol. The fourth-order valence-corrected chi connectivity index (χ4v) is 3.63. The number of rotatable bonds is 6. The summed E-state index contributed by atoms with van der Waals surface area (Å²) in [4.78, 5) is 32.2. The molecule has 28 heavy (non-hydrogen) atoms. The van der Waals surface area contributed by atoms with Gasteiger partial charge in [-0.3, -0.25) is 9.59 Å². The van der Waals surface area contributed by atoms with Gasteiger partial charge in [-0.1, -0.05) is 25.5 Å². The largest absolute Gasteiger partial charge is 0.340 e. The summed E-state index contributed by atoms with van der Waals surface area (Å²) in [5.41, 5.74) is 4.27. The third-order valence-electron chi connectivity index (χ3n) is 5.57. The van der Waals surface area contributed by atoms with Crippen LogP contribution < -0.4 is 5.32 Å². The zero-order chi connectivity index (χ0) is 20.3. The summed E-state index contributed by atoms with van der Waals surface area (Å²) in [6.45, 7) is 7.54. The average Bonchev–Trinajstić information content (AvgIpc) is 3.09. The summed E-state index contributed by atoms with van der Waals surface area (Å²) in [7, 11) is 1.81. The molecule has 1 aliphatic rings. The molecular formula is C22H30N4O2. The fourth-order valence-electron chi connectivity index (χ4n) is 3.63. The number of amides is 2. The Balaban J connectivity index is 1.91. The van der Waals surface area contributed by atoms with Crippen molar-refractivity contribution < 1.29 is 9.59 Å². The SMILES string of the molecule is CCCCN(C)C(=O)c1nc(C(=O)Nc2cccc(C)c2C)n2c1CCCC2. The first-order valence-corrected chi connectivity index (χ1v) is 10.2. The maximum atomic E-state index is 13.0. The number of imidazole rings is 1. The van der Waals surface area contributed by atoms with Gasteiger partial charge in [0.15, 0.2) is 5.82 Å². The molecule has 0 aliphatic carbocycles. The number of hydrogen-bond donors (Lipinski definition) is 1. The molecule has 1 aliphatic heterocycles. The minimum Gasteiger partial charge on any atom is -0.340 e. The number of nitrogens with one attached hydrogen (secondary N) is 1. The van der Waals surface area contributed by atoms with Gasteiger partial charge in [0.25, 0.3) is 11.8 Å². The molecule has 0 unspecified atom stereocenters. The number of benzene rings is 1. The van der Waals surface area contributed by atoms with E-state index in [-0.39, 0.29) is 11.8 Å². The number of anilines is 1. The molecule has 1 N–H and O–H groups in total. The van der Waals surface area contributed by atoms with Gasteiger partial charge in [0, 0.05) is 25.8 Å². The molecule has 150 valence electrons. The average molecular weight is 383 g/mol. The molecule has 0 radical (unpaired) electrons. The summed E-state index contributed by atoms with van der Waals surface area (Å²) in [6, 6.07) is 5.84. The van der Waals surface area contributed by atoms with E-state index in [4.69, 9.17) is 0 Å². The van der Waals surface area contributed by atoms with E-state index in [1.54, 1.807) is 4.90 Å². The first-order chi connectivity index (χ1) is 13.4. The van der Waals surface area contributed by atoms with Crippen LogP contribution in [0.5, 0.6) is 0 Å². The maximum Gasteiger partial charge on any atom is 0.291 e. The Hall–Kier alpha value is -2.63. The number of fused-ring (bicyclic) bond motifs is 1. The summed E-state index contributed by atoms with van der Waals surface area (Å²) >= 11 is 0. The molecule has 0 saturated heterocycles. The lowest BCUT2D eigenvalue weighted by molar-refractivity contribution is 0.0786. The normalized spacial score (nSPS) is 13.1. The van der Waals surface area contributed by atoms with Gasteiger partial charge >= 0.3 is 0 Å². The van der Waals surface area contributed by atoms with Gasteiger partial charge in [-0.2, -0.15) is 0 Å². The Morgan fingerprint density at radius 1 is 1.25 bits per heavy atom. The summed E-state index contributed by atoms with van der Waals surface area (Å²) in [5.74, 6) is -0.0140.